The van der Waals surface area contributed by atoms with E-state index in [1.807, 2.05) is 18.2 Å². The van der Waals surface area contributed by atoms with Crippen LogP contribution in [0.15, 0.2) is 18.2 Å². The smallest absolute Gasteiger partial charge is 0.124 e. The highest BCUT2D eigenvalue weighted by Gasteiger charge is 2.05. The quantitative estimate of drug-likeness (QED) is 0.526. The van der Waals surface area contributed by atoms with Gasteiger partial charge >= 0.3 is 0 Å². The van der Waals surface area contributed by atoms with Gasteiger partial charge in [0.15, 0.2) is 0 Å². The van der Waals surface area contributed by atoms with Crippen LogP contribution in [0, 0.1) is 12.3 Å². The predicted molar refractivity (Wildman–Crippen MR) is 80.1 cm³/mol. The molecule has 1 aromatic carbocycles. The zero-order valence-electron chi connectivity index (χ0n) is 12.3. The molecule has 0 saturated carbocycles. The molecule has 0 saturated heterocycles. The van der Waals surface area contributed by atoms with Crippen LogP contribution >= 0.6 is 0 Å². The van der Waals surface area contributed by atoms with Crippen LogP contribution in [0.1, 0.15) is 18.4 Å². The van der Waals surface area contributed by atoms with E-state index >= 15 is 0 Å². The highest BCUT2D eigenvalue weighted by Crippen LogP contribution is 2.24. The number of unbranched alkanes of at least 4 members (excludes halogenated alkanes) is 1. The van der Waals surface area contributed by atoms with E-state index in [0.29, 0.717) is 19.8 Å². The number of benzene rings is 1. The van der Waals surface area contributed by atoms with Gasteiger partial charge in [0.1, 0.15) is 11.5 Å². The Labute approximate surface area is 121 Å². The van der Waals surface area contributed by atoms with E-state index in [9.17, 15) is 0 Å². The lowest BCUT2D eigenvalue weighted by Crippen LogP contribution is -2.19. The maximum absolute atomic E-state index is 5.77. The fourth-order valence-electron chi connectivity index (χ4n) is 1.72. The molecule has 0 fully saturated rings. The molecular weight excluding hydrogens is 254 g/mol. The average molecular weight is 277 g/mol. The number of ether oxygens (including phenoxy) is 3. The van der Waals surface area contributed by atoms with Crippen LogP contribution < -0.4 is 14.8 Å². The molecule has 1 aromatic rings. The highest BCUT2D eigenvalue weighted by molar-refractivity contribution is 5.40. The molecule has 4 nitrogen and oxygen atoms in total. The van der Waals surface area contributed by atoms with Crippen molar-refractivity contribution >= 4 is 0 Å². The van der Waals surface area contributed by atoms with Crippen LogP contribution in [-0.2, 0) is 11.3 Å². The van der Waals surface area contributed by atoms with Gasteiger partial charge in [-0.25, -0.2) is 0 Å². The van der Waals surface area contributed by atoms with Gasteiger partial charge in [-0.1, -0.05) is 0 Å². The van der Waals surface area contributed by atoms with Crippen LogP contribution in [0.4, 0.5) is 0 Å². The second kappa shape index (κ2) is 10.1. The second-order valence-electron chi connectivity index (χ2n) is 4.30. The van der Waals surface area contributed by atoms with Crippen molar-refractivity contribution in [3.63, 3.8) is 0 Å². The van der Waals surface area contributed by atoms with Gasteiger partial charge in [0.2, 0.25) is 0 Å². The molecule has 0 aliphatic carbocycles. The minimum atomic E-state index is 0.627. The monoisotopic (exact) mass is 277 g/mol. The normalized spacial score (nSPS) is 10.1. The van der Waals surface area contributed by atoms with E-state index in [0.717, 1.165) is 36.4 Å². The molecule has 0 radical (unpaired) electrons. The zero-order valence-corrected chi connectivity index (χ0v) is 12.3. The summed E-state index contributed by atoms with van der Waals surface area (Å²) in [5.74, 6) is 4.30. The number of terminal acetylenes is 1. The van der Waals surface area contributed by atoms with E-state index in [2.05, 4.69) is 11.2 Å². The summed E-state index contributed by atoms with van der Waals surface area (Å²) in [5, 5.41) is 3.30. The maximum Gasteiger partial charge on any atom is 0.124 e. The first kappa shape index (κ1) is 16.4. The van der Waals surface area contributed by atoms with Crippen LogP contribution in [-0.4, -0.2) is 34.0 Å². The van der Waals surface area contributed by atoms with Crippen molar-refractivity contribution in [2.75, 3.05) is 34.0 Å². The first-order valence-electron chi connectivity index (χ1n) is 6.74. The zero-order chi connectivity index (χ0) is 14.6. The molecule has 1 N–H and O–H groups in total. The Morgan fingerprint density at radius 3 is 2.80 bits per heavy atom. The van der Waals surface area contributed by atoms with Gasteiger partial charge in [-0.15, -0.1) is 12.3 Å². The number of hydrogen-bond donors (Lipinski definition) is 1. The standard InChI is InChI=1S/C16H23NO3/c1-4-5-6-10-20-16-8-7-15(19-3)12-14(16)13-17-9-11-18-2/h1,7-8,12,17H,5-6,9-11,13H2,2-3H3. The van der Waals surface area contributed by atoms with Crippen molar-refractivity contribution in [1.82, 2.24) is 5.32 Å². The summed E-state index contributed by atoms with van der Waals surface area (Å²) in [6.07, 6.45) is 6.82. The molecule has 0 heterocycles. The molecule has 0 bridgehead atoms. The SMILES string of the molecule is C#CCCCOc1ccc(OC)cc1CNCCOC. The van der Waals surface area contributed by atoms with Gasteiger partial charge < -0.3 is 19.5 Å². The number of methoxy groups -OCH3 is 2. The van der Waals surface area contributed by atoms with Crippen molar-refractivity contribution in [1.29, 1.82) is 0 Å². The van der Waals surface area contributed by atoms with Crippen molar-refractivity contribution in [3.05, 3.63) is 23.8 Å². The molecule has 110 valence electrons. The lowest BCUT2D eigenvalue weighted by molar-refractivity contribution is 0.199. The number of hydrogen-bond acceptors (Lipinski definition) is 4. The Hall–Kier alpha value is -1.70. The van der Waals surface area contributed by atoms with Crippen LogP contribution in [0.3, 0.4) is 0 Å². The van der Waals surface area contributed by atoms with Crippen molar-refractivity contribution in [2.45, 2.75) is 19.4 Å². The lowest BCUT2D eigenvalue weighted by atomic mass is 10.2. The van der Waals surface area contributed by atoms with E-state index in [4.69, 9.17) is 20.6 Å². The summed E-state index contributed by atoms with van der Waals surface area (Å²) in [6.45, 7) is 2.82. The van der Waals surface area contributed by atoms with E-state index in [1.165, 1.54) is 0 Å². The minimum Gasteiger partial charge on any atom is -0.497 e. The van der Waals surface area contributed by atoms with E-state index in [1.54, 1.807) is 14.2 Å². The molecule has 4 heteroatoms. The van der Waals surface area contributed by atoms with Gasteiger partial charge in [0, 0.05) is 32.2 Å². The van der Waals surface area contributed by atoms with Gasteiger partial charge in [0.05, 0.1) is 20.3 Å². The van der Waals surface area contributed by atoms with E-state index in [-0.39, 0.29) is 0 Å². The first-order valence-corrected chi connectivity index (χ1v) is 6.74. The molecule has 0 amide bonds. The Morgan fingerprint density at radius 1 is 1.25 bits per heavy atom. The molecule has 1 rings (SSSR count). The minimum absolute atomic E-state index is 0.627. The van der Waals surface area contributed by atoms with Gasteiger partial charge in [-0.2, -0.15) is 0 Å². The van der Waals surface area contributed by atoms with Crippen LogP contribution in [0.5, 0.6) is 11.5 Å². The van der Waals surface area contributed by atoms with Crippen molar-refractivity contribution in [2.24, 2.45) is 0 Å². The third-order valence-electron chi connectivity index (χ3n) is 2.79. The topological polar surface area (TPSA) is 39.7 Å². The molecule has 0 aliphatic rings. The summed E-state index contributed by atoms with van der Waals surface area (Å²) < 4.78 is 16.0. The third kappa shape index (κ3) is 5.96. The summed E-state index contributed by atoms with van der Waals surface area (Å²) in [7, 11) is 3.35. The number of nitrogens with one attached hydrogen (secondary N) is 1. The Bertz CT molecular complexity index is 426. The van der Waals surface area contributed by atoms with Crippen molar-refractivity contribution in [3.8, 4) is 23.8 Å². The molecule has 0 spiro atoms. The molecule has 0 atom stereocenters. The molecule has 0 aliphatic heterocycles. The first-order chi connectivity index (χ1) is 9.81. The van der Waals surface area contributed by atoms with Gasteiger partial charge in [0.25, 0.3) is 0 Å². The average Bonchev–Trinajstić information content (AvgIpc) is 2.49. The fraction of sp³-hybridized carbons (Fsp3) is 0.500. The third-order valence-corrected chi connectivity index (χ3v) is 2.79. The molecule has 0 unspecified atom stereocenters. The number of rotatable bonds is 10. The highest BCUT2D eigenvalue weighted by atomic mass is 16.5. The second-order valence-corrected chi connectivity index (χ2v) is 4.30. The molecule has 20 heavy (non-hydrogen) atoms. The Kier molecular flexibility index (Phi) is 8.28. The molecule has 0 aromatic heterocycles. The van der Waals surface area contributed by atoms with Crippen molar-refractivity contribution < 1.29 is 14.2 Å². The van der Waals surface area contributed by atoms with Gasteiger partial charge in [-0.3, -0.25) is 0 Å². The lowest BCUT2D eigenvalue weighted by Gasteiger charge is -2.13. The summed E-state index contributed by atoms with van der Waals surface area (Å²) in [6, 6.07) is 5.81. The van der Waals surface area contributed by atoms with Crippen LogP contribution in [0.2, 0.25) is 0 Å². The predicted octanol–water partition coefficient (Wildman–Crippen LogP) is 2.22. The molecular formula is C16H23NO3. The summed E-state index contributed by atoms with van der Waals surface area (Å²) in [5.41, 5.74) is 1.07. The largest absolute Gasteiger partial charge is 0.497 e. The van der Waals surface area contributed by atoms with E-state index < -0.39 is 0 Å². The Balaban J connectivity index is 2.58. The maximum atomic E-state index is 5.77. The summed E-state index contributed by atoms with van der Waals surface area (Å²) in [4.78, 5) is 0. The van der Waals surface area contributed by atoms with Crippen LogP contribution in [0.25, 0.3) is 0 Å². The summed E-state index contributed by atoms with van der Waals surface area (Å²) >= 11 is 0. The fourth-order valence-corrected chi connectivity index (χ4v) is 1.72. The Morgan fingerprint density at radius 2 is 2.10 bits per heavy atom. The van der Waals surface area contributed by atoms with Gasteiger partial charge in [-0.05, 0) is 24.6 Å².